The minimum absolute atomic E-state index is 0.105. The monoisotopic (exact) mass is 382 g/mol. The zero-order chi connectivity index (χ0) is 19.5. The number of benzene rings is 2. The van der Waals surface area contributed by atoms with Gasteiger partial charge >= 0.3 is 0 Å². The highest BCUT2D eigenvalue weighted by Gasteiger charge is 2.19. The van der Waals surface area contributed by atoms with Gasteiger partial charge in [-0.3, -0.25) is 9.59 Å². The number of amides is 1. The lowest BCUT2D eigenvalue weighted by atomic mass is 10.1. The van der Waals surface area contributed by atoms with E-state index in [1.807, 2.05) is 0 Å². The number of aromatic amines is 1. The number of carbonyl (C=O) groups excluding carboxylic acids is 1. The number of nitrogens with one attached hydrogen (secondary N) is 2. The Labute approximate surface area is 160 Å². The van der Waals surface area contributed by atoms with Gasteiger partial charge in [0.1, 0.15) is 23.4 Å². The normalized spacial score (nSPS) is 14.8. The first kappa shape index (κ1) is 18.2. The molecule has 4 rings (SSSR count). The standard InChI is InChI=1S/C21H19FN2O4/c22-14-5-6-17(19(12-14)28-15-7-9-27-10-8-15)23-21(26)18-11-13-3-1-2-4-16(13)20(25)24-18/h1-6,11-12,15H,7-10H2,(H,23,26)(H,24,25). The Morgan fingerprint density at radius 2 is 1.93 bits per heavy atom. The number of carbonyl (C=O) groups is 1. The number of aromatic nitrogens is 1. The summed E-state index contributed by atoms with van der Waals surface area (Å²) >= 11 is 0. The van der Waals surface area contributed by atoms with Crippen molar-refractivity contribution in [3.63, 3.8) is 0 Å². The van der Waals surface area contributed by atoms with E-state index in [1.165, 1.54) is 18.2 Å². The molecule has 6 nitrogen and oxygen atoms in total. The van der Waals surface area contributed by atoms with Crippen LogP contribution in [-0.4, -0.2) is 30.2 Å². The Morgan fingerprint density at radius 1 is 1.14 bits per heavy atom. The topological polar surface area (TPSA) is 80.4 Å². The summed E-state index contributed by atoms with van der Waals surface area (Å²) in [7, 11) is 0. The largest absolute Gasteiger partial charge is 0.488 e. The quantitative estimate of drug-likeness (QED) is 0.724. The molecule has 0 aliphatic carbocycles. The Bertz CT molecular complexity index is 1070. The Balaban J connectivity index is 1.60. The summed E-state index contributed by atoms with van der Waals surface area (Å²) in [6.45, 7) is 1.17. The highest BCUT2D eigenvalue weighted by atomic mass is 19.1. The Kier molecular flexibility index (Phi) is 5.08. The molecule has 1 aliphatic heterocycles. The average molecular weight is 382 g/mol. The molecule has 0 spiro atoms. The van der Waals surface area contributed by atoms with E-state index in [2.05, 4.69) is 10.3 Å². The highest BCUT2D eigenvalue weighted by molar-refractivity contribution is 6.05. The molecule has 1 aliphatic rings. The van der Waals surface area contributed by atoms with Gasteiger partial charge in [-0.1, -0.05) is 18.2 Å². The summed E-state index contributed by atoms with van der Waals surface area (Å²) in [6, 6.07) is 12.5. The van der Waals surface area contributed by atoms with Crippen LogP contribution in [0, 0.1) is 5.82 Å². The van der Waals surface area contributed by atoms with E-state index in [0.29, 0.717) is 42.5 Å². The number of hydrogen-bond donors (Lipinski definition) is 2. The van der Waals surface area contributed by atoms with Crippen LogP contribution in [0.4, 0.5) is 10.1 Å². The van der Waals surface area contributed by atoms with Gasteiger partial charge in [-0.25, -0.2) is 4.39 Å². The van der Waals surface area contributed by atoms with Crippen molar-refractivity contribution in [2.75, 3.05) is 18.5 Å². The van der Waals surface area contributed by atoms with Gasteiger partial charge in [0.25, 0.3) is 11.5 Å². The van der Waals surface area contributed by atoms with Crippen LogP contribution >= 0.6 is 0 Å². The maximum atomic E-state index is 13.7. The summed E-state index contributed by atoms with van der Waals surface area (Å²) in [6.07, 6.45) is 1.29. The molecule has 1 amide bonds. The molecule has 28 heavy (non-hydrogen) atoms. The first-order valence-corrected chi connectivity index (χ1v) is 9.07. The molecular weight excluding hydrogens is 363 g/mol. The number of H-pyrrole nitrogens is 1. The molecule has 144 valence electrons. The summed E-state index contributed by atoms with van der Waals surface area (Å²) < 4.78 is 24.9. The van der Waals surface area contributed by atoms with E-state index in [-0.39, 0.29) is 23.1 Å². The molecule has 0 radical (unpaired) electrons. The molecule has 2 aromatic carbocycles. The average Bonchev–Trinajstić information content (AvgIpc) is 2.71. The molecular formula is C21H19FN2O4. The van der Waals surface area contributed by atoms with Gasteiger partial charge in [0.05, 0.1) is 18.9 Å². The lowest BCUT2D eigenvalue weighted by Gasteiger charge is -2.24. The molecule has 0 bridgehead atoms. The molecule has 0 saturated carbocycles. The minimum atomic E-state index is -0.508. The van der Waals surface area contributed by atoms with Gasteiger partial charge in [0, 0.05) is 24.3 Å². The van der Waals surface area contributed by atoms with Crippen molar-refractivity contribution in [3.8, 4) is 5.75 Å². The predicted octanol–water partition coefficient (Wildman–Crippen LogP) is 3.48. The number of fused-ring (bicyclic) bond motifs is 1. The Hall–Kier alpha value is -3.19. The number of rotatable bonds is 4. The van der Waals surface area contributed by atoms with Gasteiger partial charge in [-0.2, -0.15) is 0 Å². The smallest absolute Gasteiger partial charge is 0.272 e. The summed E-state index contributed by atoms with van der Waals surface area (Å²) in [4.78, 5) is 27.5. The van der Waals surface area contributed by atoms with Gasteiger partial charge < -0.3 is 19.8 Å². The molecule has 0 atom stereocenters. The van der Waals surface area contributed by atoms with Crippen molar-refractivity contribution in [2.45, 2.75) is 18.9 Å². The van der Waals surface area contributed by atoms with Crippen molar-refractivity contribution in [1.82, 2.24) is 4.98 Å². The second-order valence-corrected chi connectivity index (χ2v) is 6.62. The first-order chi connectivity index (χ1) is 13.6. The van der Waals surface area contributed by atoms with Crippen LogP contribution in [0.2, 0.25) is 0 Å². The van der Waals surface area contributed by atoms with Crippen LogP contribution in [0.5, 0.6) is 5.75 Å². The fraction of sp³-hybridized carbons (Fsp3) is 0.238. The van der Waals surface area contributed by atoms with Crippen LogP contribution in [0.1, 0.15) is 23.3 Å². The minimum Gasteiger partial charge on any atom is -0.488 e. The van der Waals surface area contributed by atoms with E-state index in [1.54, 1.807) is 30.3 Å². The number of pyridine rings is 1. The number of hydrogen-bond acceptors (Lipinski definition) is 4. The fourth-order valence-electron chi connectivity index (χ4n) is 3.19. The van der Waals surface area contributed by atoms with Crippen LogP contribution in [0.25, 0.3) is 10.8 Å². The molecule has 3 aromatic rings. The van der Waals surface area contributed by atoms with E-state index in [0.717, 1.165) is 0 Å². The van der Waals surface area contributed by atoms with Gasteiger partial charge in [0.2, 0.25) is 0 Å². The van der Waals surface area contributed by atoms with E-state index in [4.69, 9.17) is 9.47 Å². The van der Waals surface area contributed by atoms with Gasteiger partial charge in [-0.15, -0.1) is 0 Å². The van der Waals surface area contributed by atoms with Crippen molar-refractivity contribution in [3.05, 3.63) is 70.4 Å². The number of halogens is 1. The van der Waals surface area contributed by atoms with Crippen LogP contribution in [0.15, 0.2) is 53.3 Å². The zero-order valence-electron chi connectivity index (χ0n) is 15.0. The number of anilines is 1. The molecule has 2 N–H and O–H groups in total. The molecule has 1 aromatic heterocycles. The fourth-order valence-corrected chi connectivity index (χ4v) is 3.19. The second-order valence-electron chi connectivity index (χ2n) is 6.62. The third kappa shape index (κ3) is 3.89. The SMILES string of the molecule is O=C(Nc1ccc(F)cc1OC1CCOCC1)c1cc2ccccc2c(=O)[nH]1. The van der Waals surface area contributed by atoms with E-state index in [9.17, 15) is 14.0 Å². The maximum Gasteiger partial charge on any atom is 0.272 e. The molecule has 0 unspecified atom stereocenters. The van der Waals surface area contributed by atoms with Crippen molar-refractivity contribution < 1.29 is 18.7 Å². The molecule has 7 heteroatoms. The van der Waals surface area contributed by atoms with Crippen LogP contribution in [-0.2, 0) is 4.74 Å². The highest BCUT2D eigenvalue weighted by Crippen LogP contribution is 2.29. The second kappa shape index (κ2) is 7.82. The lowest BCUT2D eigenvalue weighted by molar-refractivity contribution is 0.0257. The van der Waals surface area contributed by atoms with Crippen LogP contribution < -0.4 is 15.6 Å². The van der Waals surface area contributed by atoms with E-state index >= 15 is 0 Å². The molecule has 1 saturated heterocycles. The van der Waals surface area contributed by atoms with Crippen LogP contribution in [0.3, 0.4) is 0 Å². The van der Waals surface area contributed by atoms with Crippen molar-refractivity contribution >= 4 is 22.4 Å². The lowest BCUT2D eigenvalue weighted by Crippen LogP contribution is -2.26. The Morgan fingerprint density at radius 3 is 2.75 bits per heavy atom. The molecule has 2 heterocycles. The van der Waals surface area contributed by atoms with Gasteiger partial charge in [0.15, 0.2) is 0 Å². The summed E-state index contributed by atoms with van der Waals surface area (Å²) in [5, 5.41) is 3.87. The summed E-state index contributed by atoms with van der Waals surface area (Å²) in [5.74, 6) is -0.714. The third-order valence-electron chi connectivity index (χ3n) is 4.65. The maximum absolute atomic E-state index is 13.7. The third-order valence-corrected chi connectivity index (χ3v) is 4.65. The van der Waals surface area contributed by atoms with Gasteiger partial charge in [-0.05, 0) is 29.7 Å². The van der Waals surface area contributed by atoms with Crippen molar-refractivity contribution in [2.24, 2.45) is 0 Å². The number of ether oxygens (including phenoxy) is 2. The predicted molar refractivity (Wildman–Crippen MR) is 103 cm³/mol. The van der Waals surface area contributed by atoms with E-state index < -0.39 is 11.7 Å². The van der Waals surface area contributed by atoms with Crippen molar-refractivity contribution in [1.29, 1.82) is 0 Å². The zero-order valence-corrected chi connectivity index (χ0v) is 15.0. The summed E-state index contributed by atoms with van der Waals surface area (Å²) in [5.41, 5.74) is 0.109. The molecule has 1 fully saturated rings. The first-order valence-electron chi connectivity index (χ1n) is 9.07.